The van der Waals surface area contributed by atoms with Crippen LogP contribution >= 0.6 is 39.0 Å². The van der Waals surface area contributed by atoms with Crippen LogP contribution in [0.25, 0.3) is 0 Å². The van der Waals surface area contributed by atoms with Crippen LogP contribution in [0.2, 0.25) is 0 Å². The fraction of sp³-hybridized carbons (Fsp3) is 0. The summed E-state index contributed by atoms with van der Waals surface area (Å²) in [5.41, 5.74) is 7.93. The fourth-order valence-corrected chi connectivity index (χ4v) is 3.27. The van der Waals surface area contributed by atoms with Crippen molar-refractivity contribution in [1.82, 2.24) is 10.2 Å². The Balaban J connectivity index is 2.40. The second-order valence-corrected chi connectivity index (χ2v) is 5.97. The maximum Gasteiger partial charge on any atom is 0.178 e. The summed E-state index contributed by atoms with van der Waals surface area (Å²) in [7, 11) is 0. The van der Waals surface area contributed by atoms with Crippen LogP contribution < -0.4 is 5.73 Å². The number of amidine groups is 1. The number of hydrogen-bond donors (Lipinski definition) is 2. The predicted octanol–water partition coefficient (Wildman–Crippen LogP) is 2.55. The lowest BCUT2D eigenvalue weighted by molar-refractivity contribution is 0.318. The number of aromatic nitrogens is 2. The molecule has 1 heterocycles. The molecule has 0 aliphatic carbocycles. The zero-order chi connectivity index (χ0) is 12.3. The SMILES string of the molecule is N/C(=N/O)c1ccc(Br)cc1Sc1nncs1. The lowest BCUT2D eigenvalue weighted by atomic mass is 10.2. The Kier molecular flexibility index (Phi) is 3.97. The first kappa shape index (κ1) is 12.3. The van der Waals surface area contributed by atoms with Crippen LogP contribution in [-0.2, 0) is 0 Å². The first-order valence-electron chi connectivity index (χ1n) is 4.42. The van der Waals surface area contributed by atoms with Crippen LogP contribution in [0.3, 0.4) is 0 Å². The van der Waals surface area contributed by atoms with E-state index in [9.17, 15) is 0 Å². The van der Waals surface area contributed by atoms with Crippen LogP contribution in [0.15, 0.2) is 42.6 Å². The van der Waals surface area contributed by atoms with E-state index in [0.29, 0.717) is 5.56 Å². The minimum atomic E-state index is 0.0736. The average Bonchev–Trinajstić information content (AvgIpc) is 2.81. The monoisotopic (exact) mass is 330 g/mol. The predicted molar refractivity (Wildman–Crippen MR) is 70.7 cm³/mol. The maximum atomic E-state index is 8.72. The van der Waals surface area contributed by atoms with Gasteiger partial charge in [0.05, 0.1) is 0 Å². The smallest absolute Gasteiger partial charge is 0.178 e. The molecule has 0 spiro atoms. The molecule has 5 nitrogen and oxygen atoms in total. The van der Waals surface area contributed by atoms with Gasteiger partial charge in [-0.1, -0.05) is 44.2 Å². The summed E-state index contributed by atoms with van der Waals surface area (Å²) in [6, 6.07) is 5.50. The van der Waals surface area contributed by atoms with Gasteiger partial charge in [0.2, 0.25) is 0 Å². The highest BCUT2D eigenvalue weighted by molar-refractivity contribution is 9.10. The van der Waals surface area contributed by atoms with E-state index in [-0.39, 0.29) is 5.84 Å². The van der Waals surface area contributed by atoms with Crippen molar-refractivity contribution in [2.24, 2.45) is 10.9 Å². The molecule has 3 N–H and O–H groups in total. The summed E-state index contributed by atoms with van der Waals surface area (Å²) >= 11 is 6.24. The van der Waals surface area contributed by atoms with Gasteiger partial charge >= 0.3 is 0 Å². The van der Waals surface area contributed by atoms with E-state index in [0.717, 1.165) is 13.7 Å². The largest absolute Gasteiger partial charge is 0.409 e. The Bertz CT molecular complexity index is 544. The van der Waals surface area contributed by atoms with Crippen LogP contribution in [0.4, 0.5) is 0 Å². The highest BCUT2D eigenvalue weighted by atomic mass is 79.9. The van der Waals surface area contributed by atoms with E-state index in [1.54, 1.807) is 11.6 Å². The standard InChI is InChI=1S/C9H7BrN4OS2/c10-5-1-2-6(8(11)14-15)7(3-5)17-9-13-12-4-16-9/h1-4,15H,(H2,11,14). The molecule has 0 radical (unpaired) electrons. The van der Waals surface area contributed by atoms with Crippen molar-refractivity contribution < 1.29 is 5.21 Å². The number of nitrogens with zero attached hydrogens (tertiary/aromatic N) is 3. The van der Waals surface area contributed by atoms with Crippen molar-refractivity contribution in [3.63, 3.8) is 0 Å². The molecule has 2 aromatic rings. The maximum absolute atomic E-state index is 8.72. The molecule has 88 valence electrons. The highest BCUT2D eigenvalue weighted by Crippen LogP contribution is 2.33. The summed E-state index contributed by atoms with van der Waals surface area (Å²) in [5, 5.41) is 19.4. The van der Waals surface area contributed by atoms with Crippen LogP contribution in [-0.4, -0.2) is 21.2 Å². The van der Waals surface area contributed by atoms with Gasteiger partial charge in [0.1, 0.15) is 5.51 Å². The zero-order valence-corrected chi connectivity index (χ0v) is 11.6. The van der Waals surface area contributed by atoms with Gasteiger partial charge in [0, 0.05) is 14.9 Å². The number of benzene rings is 1. The van der Waals surface area contributed by atoms with E-state index >= 15 is 0 Å². The van der Waals surface area contributed by atoms with Gasteiger partial charge in [-0.2, -0.15) is 0 Å². The first-order chi connectivity index (χ1) is 8.20. The fourth-order valence-electron chi connectivity index (χ4n) is 1.15. The molecular formula is C9H7BrN4OS2. The summed E-state index contributed by atoms with van der Waals surface area (Å²) in [6.45, 7) is 0. The van der Waals surface area contributed by atoms with E-state index in [4.69, 9.17) is 10.9 Å². The van der Waals surface area contributed by atoms with Crippen LogP contribution in [0, 0.1) is 0 Å². The number of rotatable bonds is 3. The topological polar surface area (TPSA) is 84.4 Å². The molecule has 1 aromatic carbocycles. The molecule has 0 aliphatic heterocycles. The quantitative estimate of drug-likeness (QED) is 0.391. The van der Waals surface area contributed by atoms with E-state index in [1.807, 2.05) is 12.1 Å². The van der Waals surface area contributed by atoms with Gasteiger partial charge in [0.25, 0.3) is 0 Å². The lowest BCUT2D eigenvalue weighted by Gasteiger charge is -2.06. The van der Waals surface area contributed by atoms with Gasteiger partial charge in [-0.3, -0.25) is 0 Å². The molecular weight excluding hydrogens is 324 g/mol. The number of hydrogen-bond acceptors (Lipinski definition) is 6. The van der Waals surface area contributed by atoms with Crippen molar-refractivity contribution in [2.75, 3.05) is 0 Å². The van der Waals surface area contributed by atoms with Crippen molar-refractivity contribution in [2.45, 2.75) is 9.24 Å². The minimum absolute atomic E-state index is 0.0736. The van der Waals surface area contributed by atoms with Gasteiger partial charge < -0.3 is 10.9 Å². The Morgan fingerprint density at radius 1 is 1.53 bits per heavy atom. The minimum Gasteiger partial charge on any atom is -0.409 e. The van der Waals surface area contributed by atoms with Crippen LogP contribution in [0.5, 0.6) is 0 Å². The Labute approximate surface area is 114 Å². The van der Waals surface area contributed by atoms with E-state index in [1.165, 1.54) is 23.1 Å². The molecule has 8 heteroatoms. The van der Waals surface area contributed by atoms with Crippen molar-refractivity contribution in [3.8, 4) is 0 Å². The lowest BCUT2D eigenvalue weighted by Crippen LogP contribution is -2.14. The summed E-state index contributed by atoms with van der Waals surface area (Å²) < 4.78 is 1.72. The number of oxime groups is 1. The van der Waals surface area contributed by atoms with E-state index in [2.05, 4.69) is 31.3 Å². The summed E-state index contributed by atoms with van der Waals surface area (Å²) in [6.07, 6.45) is 0. The van der Waals surface area contributed by atoms with Crippen molar-refractivity contribution in [1.29, 1.82) is 0 Å². The van der Waals surface area contributed by atoms with Crippen LogP contribution in [0.1, 0.15) is 5.56 Å². The normalized spacial score (nSPS) is 11.7. The third-order valence-electron chi connectivity index (χ3n) is 1.86. The second-order valence-electron chi connectivity index (χ2n) is 2.93. The molecule has 0 unspecified atom stereocenters. The van der Waals surface area contributed by atoms with Gasteiger partial charge in [-0.15, -0.1) is 10.2 Å². The highest BCUT2D eigenvalue weighted by Gasteiger charge is 2.10. The summed E-state index contributed by atoms with van der Waals surface area (Å²) in [5.74, 6) is 0.0736. The molecule has 0 amide bonds. The van der Waals surface area contributed by atoms with Crippen molar-refractivity contribution in [3.05, 3.63) is 33.7 Å². The second kappa shape index (κ2) is 5.48. The molecule has 1 aromatic heterocycles. The zero-order valence-electron chi connectivity index (χ0n) is 8.37. The molecule has 0 bridgehead atoms. The summed E-state index contributed by atoms with van der Waals surface area (Å²) in [4.78, 5) is 0.853. The molecule has 0 saturated heterocycles. The van der Waals surface area contributed by atoms with Gasteiger partial charge in [0.15, 0.2) is 10.2 Å². The molecule has 0 aliphatic rings. The molecule has 0 fully saturated rings. The molecule has 0 atom stereocenters. The van der Waals surface area contributed by atoms with Gasteiger partial charge in [-0.25, -0.2) is 0 Å². The molecule has 2 rings (SSSR count). The third kappa shape index (κ3) is 2.96. The average molecular weight is 331 g/mol. The van der Waals surface area contributed by atoms with Gasteiger partial charge in [-0.05, 0) is 18.2 Å². The Morgan fingerprint density at radius 2 is 2.35 bits per heavy atom. The van der Waals surface area contributed by atoms with E-state index < -0.39 is 0 Å². The number of nitrogens with two attached hydrogens (primary N) is 1. The third-order valence-corrected chi connectivity index (χ3v) is 4.19. The Morgan fingerprint density at radius 3 is 3.00 bits per heavy atom. The number of halogens is 1. The molecule has 0 saturated carbocycles. The Hall–Kier alpha value is -1.12. The molecule has 17 heavy (non-hydrogen) atoms. The first-order valence-corrected chi connectivity index (χ1v) is 6.91. The van der Waals surface area contributed by atoms with Crippen molar-refractivity contribution >= 4 is 44.9 Å².